The molecular weight excluding hydrogens is 250 g/mol. The molecule has 2 aromatic rings. The third-order valence-electron chi connectivity index (χ3n) is 3.32. The van der Waals surface area contributed by atoms with E-state index in [1.54, 1.807) is 0 Å². The van der Waals surface area contributed by atoms with E-state index < -0.39 is 5.97 Å². The maximum absolute atomic E-state index is 11.1. The molecule has 0 aliphatic heterocycles. The van der Waals surface area contributed by atoms with Gasteiger partial charge in [0.15, 0.2) is 0 Å². The molecule has 0 spiro atoms. The second-order valence-electron chi connectivity index (χ2n) is 5.02. The minimum absolute atomic E-state index is 0.00219. The van der Waals surface area contributed by atoms with E-state index >= 15 is 0 Å². The first kappa shape index (κ1) is 14.1. The molecule has 0 heterocycles. The SMILES string of the molecule is Cc1cccc(N(CC(=O)O)Cc2ccccc2C)c1. The molecule has 0 bridgehead atoms. The maximum atomic E-state index is 11.1. The van der Waals surface area contributed by atoms with Gasteiger partial charge in [-0.15, -0.1) is 0 Å². The highest BCUT2D eigenvalue weighted by Gasteiger charge is 2.12. The number of rotatable bonds is 5. The smallest absolute Gasteiger partial charge is 0.323 e. The number of hydrogen-bond donors (Lipinski definition) is 1. The summed E-state index contributed by atoms with van der Waals surface area (Å²) in [5.41, 5.74) is 4.39. The molecule has 0 amide bonds. The first-order valence-corrected chi connectivity index (χ1v) is 6.64. The van der Waals surface area contributed by atoms with Crippen molar-refractivity contribution in [1.29, 1.82) is 0 Å². The first-order chi connectivity index (χ1) is 9.56. The molecule has 0 saturated heterocycles. The fraction of sp³-hybridized carbons (Fsp3) is 0.235. The van der Waals surface area contributed by atoms with Gasteiger partial charge in [0.05, 0.1) is 0 Å². The van der Waals surface area contributed by atoms with Crippen LogP contribution in [0, 0.1) is 13.8 Å². The van der Waals surface area contributed by atoms with Crippen LogP contribution >= 0.6 is 0 Å². The van der Waals surface area contributed by atoms with E-state index in [0.717, 1.165) is 16.8 Å². The van der Waals surface area contributed by atoms with Crippen molar-refractivity contribution in [3.05, 3.63) is 65.2 Å². The predicted molar refractivity (Wildman–Crippen MR) is 81.0 cm³/mol. The molecule has 0 aromatic heterocycles. The average Bonchev–Trinajstić information content (AvgIpc) is 2.40. The molecule has 2 rings (SSSR count). The summed E-state index contributed by atoms with van der Waals surface area (Å²) in [5.74, 6) is -0.819. The van der Waals surface area contributed by atoms with E-state index in [2.05, 4.69) is 0 Å². The molecule has 0 atom stereocenters. The Morgan fingerprint density at radius 2 is 1.85 bits per heavy atom. The lowest BCUT2D eigenvalue weighted by Crippen LogP contribution is -2.29. The van der Waals surface area contributed by atoms with Gasteiger partial charge in [0.2, 0.25) is 0 Å². The second-order valence-corrected chi connectivity index (χ2v) is 5.02. The summed E-state index contributed by atoms with van der Waals surface area (Å²) in [5, 5.41) is 9.12. The minimum atomic E-state index is -0.819. The highest BCUT2D eigenvalue weighted by Crippen LogP contribution is 2.19. The van der Waals surface area contributed by atoms with Gasteiger partial charge >= 0.3 is 5.97 Å². The number of anilines is 1. The van der Waals surface area contributed by atoms with Crippen molar-refractivity contribution < 1.29 is 9.90 Å². The topological polar surface area (TPSA) is 40.5 Å². The zero-order chi connectivity index (χ0) is 14.5. The molecule has 0 radical (unpaired) electrons. The normalized spacial score (nSPS) is 10.3. The summed E-state index contributed by atoms with van der Waals surface area (Å²) in [6.07, 6.45) is 0. The summed E-state index contributed by atoms with van der Waals surface area (Å²) in [6, 6.07) is 16.0. The van der Waals surface area contributed by atoms with Gasteiger partial charge in [-0.05, 0) is 42.7 Å². The number of aryl methyl sites for hydroxylation is 2. The fourth-order valence-electron chi connectivity index (χ4n) is 2.22. The molecule has 0 aliphatic rings. The number of hydrogen-bond acceptors (Lipinski definition) is 2. The highest BCUT2D eigenvalue weighted by molar-refractivity contribution is 5.73. The van der Waals surface area contributed by atoms with E-state index in [1.807, 2.05) is 67.3 Å². The largest absolute Gasteiger partial charge is 0.480 e. The van der Waals surface area contributed by atoms with Gasteiger partial charge in [0.1, 0.15) is 6.54 Å². The number of carboxylic acids is 1. The molecule has 20 heavy (non-hydrogen) atoms. The molecule has 1 N–H and O–H groups in total. The lowest BCUT2D eigenvalue weighted by atomic mass is 10.1. The van der Waals surface area contributed by atoms with Crippen LogP contribution < -0.4 is 4.90 Å². The van der Waals surface area contributed by atoms with Crippen molar-refractivity contribution in [2.24, 2.45) is 0 Å². The van der Waals surface area contributed by atoms with Crippen LogP contribution in [0.25, 0.3) is 0 Å². The van der Waals surface area contributed by atoms with Crippen LogP contribution in [-0.2, 0) is 11.3 Å². The van der Waals surface area contributed by atoms with Crippen LogP contribution in [0.5, 0.6) is 0 Å². The Hall–Kier alpha value is -2.29. The highest BCUT2D eigenvalue weighted by atomic mass is 16.4. The Kier molecular flexibility index (Phi) is 4.41. The Labute approximate surface area is 119 Å². The third kappa shape index (κ3) is 3.60. The Bertz CT molecular complexity index is 607. The van der Waals surface area contributed by atoms with E-state index in [9.17, 15) is 4.79 Å². The molecule has 0 saturated carbocycles. The Morgan fingerprint density at radius 1 is 1.10 bits per heavy atom. The van der Waals surface area contributed by atoms with Crippen molar-refractivity contribution in [3.8, 4) is 0 Å². The molecule has 3 heteroatoms. The standard InChI is InChI=1S/C17H19NO2/c1-13-6-5-9-16(10-13)18(12-17(19)20)11-15-8-4-3-7-14(15)2/h3-10H,11-12H2,1-2H3,(H,19,20). The molecule has 0 unspecified atom stereocenters. The summed E-state index contributed by atoms with van der Waals surface area (Å²) in [7, 11) is 0. The average molecular weight is 269 g/mol. The zero-order valence-electron chi connectivity index (χ0n) is 11.8. The van der Waals surface area contributed by atoms with Gasteiger partial charge in [0.25, 0.3) is 0 Å². The van der Waals surface area contributed by atoms with Crippen LogP contribution in [0.1, 0.15) is 16.7 Å². The van der Waals surface area contributed by atoms with E-state index in [0.29, 0.717) is 6.54 Å². The number of carbonyl (C=O) groups is 1. The molecular formula is C17H19NO2. The van der Waals surface area contributed by atoms with Gasteiger partial charge in [-0.1, -0.05) is 36.4 Å². The summed E-state index contributed by atoms with van der Waals surface area (Å²) < 4.78 is 0. The maximum Gasteiger partial charge on any atom is 0.323 e. The van der Waals surface area contributed by atoms with Crippen molar-refractivity contribution in [2.45, 2.75) is 20.4 Å². The van der Waals surface area contributed by atoms with Crippen LogP contribution in [-0.4, -0.2) is 17.6 Å². The van der Waals surface area contributed by atoms with Crippen molar-refractivity contribution in [1.82, 2.24) is 0 Å². The molecule has 0 aliphatic carbocycles. The number of carboxylic acid groups (broad SMARTS) is 1. The fourth-order valence-corrected chi connectivity index (χ4v) is 2.22. The monoisotopic (exact) mass is 269 g/mol. The third-order valence-corrected chi connectivity index (χ3v) is 3.32. The number of aliphatic carboxylic acids is 1. The van der Waals surface area contributed by atoms with E-state index in [4.69, 9.17) is 5.11 Å². The summed E-state index contributed by atoms with van der Waals surface area (Å²) in [4.78, 5) is 13.0. The summed E-state index contributed by atoms with van der Waals surface area (Å²) in [6.45, 7) is 4.65. The molecule has 2 aromatic carbocycles. The van der Waals surface area contributed by atoms with E-state index in [1.165, 1.54) is 5.56 Å². The Balaban J connectivity index is 2.29. The minimum Gasteiger partial charge on any atom is -0.480 e. The van der Waals surface area contributed by atoms with Crippen LogP contribution in [0.3, 0.4) is 0 Å². The second kappa shape index (κ2) is 6.24. The van der Waals surface area contributed by atoms with Crippen LogP contribution in [0.4, 0.5) is 5.69 Å². The van der Waals surface area contributed by atoms with Crippen molar-refractivity contribution in [3.63, 3.8) is 0 Å². The van der Waals surface area contributed by atoms with Crippen molar-refractivity contribution in [2.75, 3.05) is 11.4 Å². The van der Waals surface area contributed by atoms with Crippen molar-refractivity contribution >= 4 is 11.7 Å². The quantitative estimate of drug-likeness (QED) is 0.904. The zero-order valence-corrected chi connectivity index (χ0v) is 11.8. The van der Waals surface area contributed by atoms with Gasteiger partial charge in [-0.25, -0.2) is 0 Å². The first-order valence-electron chi connectivity index (χ1n) is 6.64. The lowest BCUT2D eigenvalue weighted by Gasteiger charge is -2.24. The Morgan fingerprint density at radius 3 is 2.50 bits per heavy atom. The number of benzene rings is 2. The summed E-state index contributed by atoms with van der Waals surface area (Å²) >= 11 is 0. The molecule has 0 fully saturated rings. The molecule has 3 nitrogen and oxygen atoms in total. The van der Waals surface area contributed by atoms with Gasteiger partial charge in [-0.3, -0.25) is 4.79 Å². The van der Waals surface area contributed by atoms with E-state index in [-0.39, 0.29) is 6.54 Å². The van der Waals surface area contributed by atoms with Crippen LogP contribution in [0.2, 0.25) is 0 Å². The van der Waals surface area contributed by atoms with Gasteiger partial charge in [-0.2, -0.15) is 0 Å². The van der Waals surface area contributed by atoms with Crippen LogP contribution in [0.15, 0.2) is 48.5 Å². The van der Waals surface area contributed by atoms with Gasteiger partial charge in [0, 0.05) is 12.2 Å². The van der Waals surface area contributed by atoms with Gasteiger partial charge < -0.3 is 10.0 Å². The molecule has 104 valence electrons. The lowest BCUT2D eigenvalue weighted by molar-refractivity contribution is -0.135. The number of nitrogens with zero attached hydrogens (tertiary/aromatic N) is 1. The predicted octanol–water partition coefficient (Wildman–Crippen LogP) is 3.39.